The minimum absolute atomic E-state index is 0.666. The normalized spacial score (nSPS) is 17.5. The minimum Gasteiger partial charge on any atom is -0.478 e. The maximum absolute atomic E-state index is 5.41. The second-order valence-electron chi connectivity index (χ2n) is 3.93. The molecule has 1 aliphatic heterocycles. The smallest absolute Gasteiger partial charge is 0.215 e. The summed E-state index contributed by atoms with van der Waals surface area (Å²) in [6, 6.07) is 5.97. The summed E-state index contributed by atoms with van der Waals surface area (Å²) in [5.41, 5.74) is 0. The van der Waals surface area contributed by atoms with Crippen molar-refractivity contribution in [2.24, 2.45) is 0 Å². The Hall–Kier alpha value is -0.770. The highest BCUT2D eigenvalue weighted by atomic mass is 79.9. The van der Waals surface area contributed by atoms with Gasteiger partial charge in [0, 0.05) is 24.0 Å². The summed E-state index contributed by atoms with van der Waals surface area (Å²) >= 11 is 3.66. The van der Waals surface area contributed by atoms with Gasteiger partial charge in [0.25, 0.3) is 0 Å². The molecule has 1 aliphatic rings. The van der Waals surface area contributed by atoms with E-state index in [2.05, 4.69) is 31.9 Å². The molecule has 0 aliphatic carbocycles. The monoisotopic (exact) mass is 284 g/mol. The Bertz CT molecular complexity index is 338. The lowest BCUT2D eigenvalue weighted by atomic mass is 10.1. The Balaban J connectivity index is 2.05. The number of ether oxygens (including phenoxy) is 1. The van der Waals surface area contributed by atoms with Gasteiger partial charge in [0.1, 0.15) is 5.82 Å². The van der Waals surface area contributed by atoms with E-state index in [1.165, 1.54) is 12.8 Å². The van der Waals surface area contributed by atoms with Crippen LogP contribution in [0.1, 0.15) is 19.8 Å². The molecule has 2 rings (SSSR count). The van der Waals surface area contributed by atoms with Crippen LogP contribution in [0.2, 0.25) is 0 Å². The molecule has 0 N–H and O–H groups in total. The molecule has 1 aromatic heterocycles. The molecule has 2 heterocycles. The first-order chi connectivity index (χ1) is 7.79. The third-order valence-corrected chi connectivity index (χ3v) is 3.67. The molecule has 0 spiro atoms. The lowest BCUT2D eigenvalue weighted by molar-refractivity contribution is 0.327. The second-order valence-corrected chi connectivity index (χ2v) is 5.22. The molecule has 1 fully saturated rings. The average Bonchev–Trinajstić information content (AvgIpc) is 2.31. The summed E-state index contributed by atoms with van der Waals surface area (Å²) in [5, 5.41) is 0. The predicted molar refractivity (Wildman–Crippen MR) is 69.6 cm³/mol. The standard InChI is InChI=1S/C12H17BrN2O/c1-2-16-12-5-3-4-11(14-12)15-8-6-10(13)7-9-15/h3-5,10H,2,6-9H2,1H3. The Morgan fingerprint density at radius 3 is 2.88 bits per heavy atom. The zero-order chi connectivity index (χ0) is 11.4. The van der Waals surface area contributed by atoms with E-state index in [4.69, 9.17) is 4.74 Å². The molecule has 0 atom stereocenters. The molecule has 1 aromatic rings. The maximum Gasteiger partial charge on any atom is 0.215 e. The molecule has 3 nitrogen and oxygen atoms in total. The average molecular weight is 285 g/mol. The molecule has 4 heteroatoms. The predicted octanol–water partition coefficient (Wildman–Crippen LogP) is 2.84. The molecule has 1 saturated heterocycles. The zero-order valence-electron chi connectivity index (χ0n) is 9.53. The van der Waals surface area contributed by atoms with Gasteiger partial charge in [0.2, 0.25) is 5.88 Å². The van der Waals surface area contributed by atoms with Crippen molar-refractivity contribution >= 4 is 21.7 Å². The topological polar surface area (TPSA) is 25.4 Å². The lowest BCUT2D eigenvalue weighted by Gasteiger charge is -2.30. The SMILES string of the molecule is CCOc1cccc(N2CCC(Br)CC2)n1. The Morgan fingerprint density at radius 2 is 2.19 bits per heavy atom. The van der Waals surface area contributed by atoms with Crippen molar-refractivity contribution in [3.63, 3.8) is 0 Å². The first-order valence-corrected chi connectivity index (χ1v) is 6.70. The van der Waals surface area contributed by atoms with Gasteiger partial charge in [0.15, 0.2) is 0 Å². The summed E-state index contributed by atoms with van der Waals surface area (Å²) in [5.74, 6) is 1.76. The third-order valence-electron chi connectivity index (χ3n) is 2.75. The van der Waals surface area contributed by atoms with Gasteiger partial charge in [-0.25, -0.2) is 0 Å². The summed E-state index contributed by atoms with van der Waals surface area (Å²) in [6.07, 6.45) is 2.36. The van der Waals surface area contributed by atoms with Crippen LogP contribution in [0.4, 0.5) is 5.82 Å². The van der Waals surface area contributed by atoms with Crippen LogP contribution < -0.4 is 9.64 Å². The maximum atomic E-state index is 5.41. The fourth-order valence-electron chi connectivity index (χ4n) is 1.89. The van der Waals surface area contributed by atoms with Crippen LogP contribution in [0.15, 0.2) is 18.2 Å². The van der Waals surface area contributed by atoms with Crippen LogP contribution in [-0.2, 0) is 0 Å². The van der Waals surface area contributed by atoms with Gasteiger partial charge < -0.3 is 9.64 Å². The van der Waals surface area contributed by atoms with Gasteiger partial charge in [-0.15, -0.1) is 0 Å². The summed E-state index contributed by atoms with van der Waals surface area (Å²) < 4.78 is 5.41. The molecular weight excluding hydrogens is 268 g/mol. The van der Waals surface area contributed by atoms with E-state index in [0.717, 1.165) is 24.8 Å². The van der Waals surface area contributed by atoms with Crippen molar-refractivity contribution in [3.8, 4) is 5.88 Å². The quantitative estimate of drug-likeness (QED) is 0.798. The number of aromatic nitrogens is 1. The summed E-state index contributed by atoms with van der Waals surface area (Å²) in [7, 11) is 0. The van der Waals surface area contributed by atoms with Crippen molar-refractivity contribution in [3.05, 3.63) is 18.2 Å². The number of pyridine rings is 1. The Morgan fingerprint density at radius 1 is 1.44 bits per heavy atom. The molecule has 0 unspecified atom stereocenters. The number of alkyl halides is 1. The van der Waals surface area contributed by atoms with Crippen molar-refractivity contribution < 1.29 is 4.74 Å². The fraction of sp³-hybridized carbons (Fsp3) is 0.583. The molecule has 88 valence electrons. The molecule has 0 amide bonds. The number of hydrogen-bond donors (Lipinski definition) is 0. The first-order valence-electron chi connectivity index (χ1n) is 5.78. The Kier molecular flexibility index (Phi) is 4.04. The van der Waals surface area contributed by atoms with E-state index < -0.39 is 0 Å². The van der Waals surface area contributed by atoms with E-state index in [-0.39, 0.29) is 0 Å². The van der Waals surface area contributed by atoms with Crippen molar-refractivity contribution in [1.29, 1.82) is 0 Å². The minimum atomic E-state index is 0.666. The van der Waals surface area contributed by atoms with E-state index in [1.54, 1.807) is 0 Å². The van der Waals surface area contributed by atoms with Crippen LogP contribution in [0.5, 0.6) is 5.88 Å². The molecular formula is C12H17BrN2O. The van der Waals surface area contributed by atoms with Gasteiger partial charge in [-0.1, -0.05) is 22.0 Å². The lowest BCUT2D eigenvalue weighted by Crippen LogP contribution is -2.34. The van der Waals surface area contributed by atoms with Crippen LogP contribution in [-0.4, -0.2) is 29.5 Å². The number of piperidine rings is 1. The molecule has 0 saturated carbocycles. The second kappa shape index (κ2) is 5.53. The fourth-order valence-corrected chi connectivity index (χ4v) is 2.29. The van der Waals surface area contributed by atoms with Crippen LogP contribution in [0.25, 0.3) is 0 Å². The van der Waals surface area contributed by atoms with E-state index >= 15 is 0 Å². The number of halogens is 1. The third kappa shape index (κ3) is 2.88. The number of nitrogens with zero attached hydrogens (tertiary/aromatic N) is 2. The molecule has 16 heavy (non-hydrogen) atoms. The van der Waals surface area contributed by atoms with Crippen LogP contribution >= 0.6 is 15.9 Å². The van der Waals surface area contributed by atoms with E-state index in [1.807, 2.05) is 19.1 Å². The number of hydrogen-bond acceptors (Lipinski definition) is 3. The number of anilines is 1. The number of rotatable bonds is 3. The van der Waals surface area contributed by atoms with Crippen LogP contribution in [0.3, 0.4) is 0 Å². The van der Waals surface area contributed by atoms with Crippen LogP contribution in [0, 0.1) is 0 Å². The highest BCUT2D eigenvalue weighted by Gasteiger charge is 2.17. The Labute approximate surface area is 105 Å². The van der Waals surface area contributed by atoms with Crippen molar-refractivity contribution in [1.82, 2.24) is 4.98 Å². The summed E-state index contributed by atoms with van der Waals surface area (Å²) in [6.45, 7) is 4.78. The zero-order valence-corrected chi connectivity index (χ0v) is 11.1. The molecule has 0 bridgehead atoms. The molecule has 0 aromatic carbocycles. The highest BCUT2D eigenvalue weighted by Crippen LogP contribution is 2.23. The van der Waals surface area contributed by atoms with Crippen molar-refractivity contribution in [2.75, 3.05) is 24.6 Å². The highest BCUT2D eigenvalue weighted by molar-refractivity contribution is 9.09. The van der Waals surface area contributed by atoms with Gasteiger partial charge in [0.05, 0.1) is 6.61 Å². The van der Waals surface area contributed by atoms with Gasteiger partial charge in [-0.2, -0.15) is 4.98 Å². The van der Waals surface area contributed by atoms with E-state index in [9.17, 15) is 0 Å². The first kappa shape index (κ1) is 11.7. The summed E-state index contributed by atoms with van der Waals surface area (Å²) in [4.78, 5) is 7.48. The van der Waals surface area contributed by atoms with E-state index in [0.29, 0.717) is 11.4 Å². The van der Waals surface area contributed by atoms with Gasteiger partial charge in [-0.3, -0.25) is 0 Å². The van der Waals surface area contributed by atoms with Crippen molar-refractivity contribution in [2.45, 2.75) is 24.6 Å². The molecule has 0 radical (unpaired) electrons. The van der Waals surface area contributed by atoms with Gasteiger partial charge in [-0.05, 0) is 25.8 Å². The van der Waals surface area contributed by atoms with Gasteiger partial charge >= 0.3 is 0 Å². The largest absolute Gasteiger partial charge is 0.478 e.